The lowest BCUT2D eigenvalue weighted by Crippen LogP contribution is -2.51. The van der Waals surface area contributed by atoms with Crippen LogP contribution in [0, 0.1) is 6.92 Å². The first-order chi connectivity index (χ1) is 8.87. The predicted octanol–water partition coefficient (Wildman–Crippen LogP) is 1.11. The lowest BCUT2D eigenvalue weighted by atomic mass is 10.1. The second kappa shape index (κ2) is 5.20. The largest absolute Gasteiger partial charge is 0.364 e. The number of hydrogen-bond donors (Lipinski definition) is 1. The van der Waals surface area contributed by atoms with Crippen LogP contribution in [-0.2, 0) is 14.8 Å². The van der Waals surface area contributed by atoms with Crippen molar-refractivity contribution in [2.24, 2.45) is 0 Å². The maximum absolute atomic E-state index is 12.5. The Labute approximate surface area is 113 Å². The summed E-state index contributed by atoms with van der Waals surface area (Å²) in [4.78, 5) is 0.249. The quantitative estimate of drug-likeness (QED) is 0.845. The molecule has 1 atom stereocenters. The monoisotopic (exact) mass is 285 g/mol. The van der Waals surface area contributed by atoms with Crippen molar-refractivity contribution in [2.75, 3.05) is 20.2 Å². The Kier molecular flexibility index (Phi) is 3.96. The third-order valence-corrected chi connectivity index (χ3v) is 5.30. The molecule has 19 heavy (non-hydrogen) atoms. The highest BCUT2D eigenvalue weighted by atomic mass is 32.2. The minimum absolute atomic E-state index is 0.0281. The summed E-state index contributed by atoms with van der Waals surface area (Å²) in [6, 6.07) is 6.70. The van der Waals surface area contributed by atoms with Gasteiger partial charge in [-0.25, -0.2) is 8.42 Å². The van der Waals surface area contributed by atoms with E-state index in [0.717, 1.165) is 5.56 Å². The average Bonchev–Trinajstić information content (AvgIpc) is 2.39. The van der Waals surface area contributed by atoms with Crippen molar-refractivity contribution in [3.8, 4) is 0 Å². The Hall–Kier alpha value is -0.950. The number of benzene rings is 1. The number of nitrogens with zero attached hydrogens (tertiary/aromatic N) is 1. The fraction of sp³-hybridized carbons (Fsp3) is 0.538. The molecular weight excluding hydrogens is 266 g/mol. The van der Waals surface area contributed by atoms with Crippen LogP contribution >= 0.6 is 0 Å². The number of aryl methyl sites for hydroxylation is 1. The molecule has 1 N–H and O–H groups in total. The van der Waals surface area contributed by atoms with E-state index in [9.17, 15) is 13.5 Å². The molecule has 1 aliphatic rings. The van der Waals surface area contributed by atoms with E-state index in [4.69, 9.17) is 4.74 Å². The standard InChI is InChI=1S/C13H19NO4S/c1-11-4-6-12(7-5-11)19(16,17)14-9-3-8-13(15,10-14)18-2/h4-7,15H,3,8-10H2,1-2H3. The van der Waals surface area contributed by atoms with Crippen molar-refractivity contribution >= 4 is 10.0 Å². The van der Waals surface area contributed by atoms with Crippen LogP contribution in [0.15, 0.2) is 29.2 Å². The zero-order valence-electron chi connectivity index (χ0n) is 11.2. The number of ether oxygens (including phenoxy) is 1. The number of rotatable bonds is 3. The van der Waals surface area contributed by atoms with Crippen molar-refractivity contribution in [3.05, 3.63) is 29.8 Å². The van der Waals surface area contributed by atoms with Gasteiger partial charge in [-0.3, -0.25) is 0 Å². The van der Waals surface area contributed by atoms with Gasteiger partial charge in [0.05, 0.1) is 11.4 Å². The summed E-state index contributed by atoms with van der Waals surface area (Å²) in [6.07, 6.45) is 1.03. The number of hydrogen-bond acceptors (Lipinski definition) is 4. The molecule has 1 heterocycles. The van der Waals surface area contributed by atoms with E-state index in [1.807, 2.05) is 6.92 Å². The summed E-state index contributed by atoms with van der Waals surface area (Å²) < 4.78 is 31.2. The minimum Gasteiger partial charge on any atom is -0.364 e. The van der Waals surface area contributed by atoms with Gasteiger partial charge in [-0.05, 0) is 25.5 Å². The molecule has 1 fully saturated rings. The van der Waals surface area contributed by atoms with Gasteiger partial charge >= 0.3 is 0 Å². The third kappa shape index (κ3) is 2.97. The molecule has 1 aromatic rings. The molecule has 6 heteroatoms. The molecule has 0 bridgehead atoms. The van der Waals surface area contributed by atoms with E-state index in [-0.39, 0.29) is 11.4 Å². The van der Waals surface area contributed by atoms with Gasteiger partial charge < -0.3 is 9.84 Å². The fourth-order valence-corrected chi connectivity index (χ4v) is 3.72. The zero-order chi connectivity index (χ0) is 14.1. The number of aliphatic hydroxyl groups is 1. The number of sulfonamides is 1. The number of β-amino-alcohol motifs (C(OH)–C–C–N with tert-alkyl or cyclic N) is 1. The summed E-state index contributed by atoms with van der Waals surface area (Å²) in [6.45, 7) is 2.28. The van der Waals surface area contributed by atoms with Gasteiger partial charge in [0.15, 0.2) is 5.79 Å². The average molecular weight is 285 g/mol. The molecule has 1 saturated heterocycles. The Balaban J connectivity index is 2.27. The van der Waals surface area contributed by atoms with Gasteiger partial charge in [0.25, 0.3) is 0 Å². The van der Waals surface area contributed by atoms with Crippen molar-refractivity contribution in [1.29, 1.82) is 0 Å². The first-order valence-electron chi connectivity index (χ1n) is 6.22. The van der Waals surface area contributed by atoms with Crippen molar-refractivity contribution in [1.82, 2.24) is 4.31 Å². The molecular formula is C13H19NO4S. The summed E-state index contributed by atoms with van der Waals surface area (Å²) >= 11 is 0. The summed E-state index contributed by atoms with van der Waals surface area (Å²) in [7, 11) is -2.18. The molecule has 5 nitrogen and oxygen atoms in total. The summed E-state index contributed by atoms with van der Waals surface area (Å²) in [5.74, 6) is -1.38. The molecule has 106 valence electrons. The van der Waals surface area contributed by atoms with Crippen LogP contribution in [0.1, 0.15) is 18.4 Å². The molecule has 0 spiro atoms. The molecule has 0 amide bonds. The lowest BCUT2D eigenvalue weighted by molar-refractivity contribution is -0.204. The maximum atomic E-state index is 12.5. The molecule has 0 radical (unpaired) electrons. The molecule has 1 aromatic carbocycles. The second-order valence-corrected chi connectivity index (χ2v) is 6.84. The Morgan fingerprint density at radius 1 is 1.32 bits per heavy atom. The summed E-state index contributed by atoms with van der Waals surface area (Å²) in [5.41, 5.74) is 1.01. The van der Waals surface area contributed by atoms with Crippen LogP contribution < -0.4 is 0 Å². The van der Waals surface area contributed by atoms with E-state index < -0.39 is 15.8 Å². The predicted molar refractivity (Wildman–Crippen MR) is 71.1 cm³/mol. The van der Waals surface area contributed by atoms with Crippen LogP contribution in [0.4, 0.5) is 0 Å². The third-order valence-electron chi connectivity index (χ3n) is 3.44. The Morgan fingerprint density at radius 2 is 1.95 bits per heavy atom. The molecule has 1 aliphatic heterocycles. The van der Waals surface area contributed by atoms with Crippen LogP contribution in [0.3, 0.4) is 0 Å². The van der Waals surface area contributed by atoms with Crippen LogP contribution in [0.2, 0.25) is 0 Å². The molecule has 1 unspecified atom stereocenters. The van der Waals surface area contributed by atoms with Gasteiger partial charge in [-0.15, -0.1) is 0 Å². The molecule has 0 aromatic heterocycles. The molecule has 0 saturated carbocycles. The van der Waals surface area contributed by atoms with Crippen molar-refractivity contribution in [3.63, 3.8) is 0 Å². The van der Waals surface area contributed by atoms with Crippen molar-refractivity contribution in [2.45, 2.75) is 30.4 Å². The highest BCUT2D eigenvalue weighted by Crippen LogP contribution is 2.26. The van der Waals surface area contributed by atoms with Gasteiger partial charge in [0.2, 0.25) is 10.0 Å². The van der Waals surface area contributed by atoms with Gasteiger partial charge in [-0.1, -0.05) is 17.7 Å². The van der Waals surface area contributed by atoms with Gasteiger partial charge in [0.1, 0.15) is 0 Å². The van der Waals surface area contributed by atoms with E-state index >= 15 is 0 Å². The van der Waals surface area contributed by atoms with Crippen LogP contribution in [-0.4, -0.2) is 43.8 Å². The van der Waals surface area contributed by atoms with Gasteiger partial charge in [0, 0.05) is 20.1 Å². The first-order valence-corrected chi connectivity index (χ1v) is 7.66. The van der Waals surface area contributed by atoms with E-state index in [2.05, 4.69) is 0 Å². The van der Waals surface area contributed by atoms with Gasteiger partial charge in [-0.2, -0.15) is 4.31 Å². The van der Waals surface area contributed by atoms with Crippen LogP contribution in [0.25, 0.3) is 0 Å². The molecule has 0 aliphatic carbocycles. The fourth-order valence-electron chi connectivity index (χ4n) is 2.20. The van der Waals surface area contributed by atoms with E-state index in [0.29, 0.717) is 19.4 Å². The Bertz CT molecular complexity index is 540. The second-order valence-electron chi connectivity index (χ2n) is 4.91. The van der Waals surface area contributed by atoms with Crippen molar-refractivity contribution < 1.29 is 18.3 Å². The number of methoxy groups -OCH3 is 1. The minimum atomic E-state index is -3.57. The highest BCUT2D eigenvalue weighted by molar-refractivity contribution is 7.89. The zero-order valence-corrected chi connectivity index (χ0v) is 12.0. The molecule has 2 rings (SSSR count). The highest BCUT2D eigenvalue weighted by Gasteiger charge is 2.38. The SMILES string of the molecule is COC1(O)CCCN(S(=O)(=O)c2ccc(C)cc2)C1. The maximum Gasteiger partial charge on any atom is 0.243 e. The smallest absolute Gasteiger partial charge is 0.243 e. The lowest BCUT2D eigenvalue weighted by Gasteiger charge is -2.37. The normalized spacial score (nSPS) is 25.4. The number of piperidine rings is 1. The topological polar surface area (TPSA) is 66.8 Å². The van der Waals surface area contributed by atoms with Crippen LogP contribution in [0.5, 0.6) is 0 Å². The first kappa shape index (κ1) is 14.5. The Morgan fingerprint density at radius 3 is 2.53 bits per heavy atom. The summed E-state index contributed by atoms with van der Waals surface area (Å²) in [5, 5.41) is 10.1. The van der Waals surface area contributed by atoms with E-state index in [1.165, 1.54) is 11.4 Å². The van der Waals surface area contributed by atoms with E-state index in [1.54, 1.807) is 24.3 Å².